The average Bonchev–Trinajstić information content (AvgIpc) is 2.75. The Hall–Kier alpha value is -3.23. The van der Waals surface area contributed by atoms with Crippen LogP contribution < -0.4 is 5.32 Å². The highest BCUT2D eigenvalue weighted by molar-refractivity contribution is 6.05. The van der Waals surface area contributed by atoms with E-state index in [9.17, 15) is 19.5 Å². The number of nitrogens with zero attached hydrogens (tertiary/aromatic N) is 2. The van der Waals surface area contributed by atoms with Gasteiger partial charge in [0.2, 0.25) is 11.8 Å². The monoisotopic (exact) mass is 425 g/mol. The number of ether oxygens (including phenoxy) is 1. The molecule has 2 unspecified atom stereocenters. The van der Waals surface area contributed by atoms with Gasteiger partial charge in [-0.25, -0.2) is 0 Å². The van der Waals surface area contributed by atoms with Crippen molar-refractivity contribution in [3.8, 4) is 0 Å². The van der Waals surface area contributed by atoms with Crippen molar-refractivity contribution in [3.63, 3.8) is 0 Å². The fourth-order valence-corrected chi connectivity index (χ4v) is 3.49. The maximum absolute atomic E-state index is 12.5. The summed E-state index contributed by atoms with van der Waals surface area (Å²) < 4.78 is 5.69. The van der Waals surface area contributed by atoms with E-state index in [4.69, 9.17) is 4.74 Å². The molecule has 0 saturated carbocycles. The second-order valence-electron chi connectivity index (χ2n) is 7.68. The van der Waals surface area contributed by atoms with Crippen molar-refractivity contribution in [2.24, 2.45) is 0 Å². The van der Waals surface area contributed by atoms with Gasteiger partial charge in [-0.3, -0.25) is 14.4 Å². The van der Waals surface area contributed by atoms with Crippen LogP contribution >= 0.6 is 0 Å². The van der Waals surface area contributed by atoms with Crippen molar-refractivity contribution in [3.05, 3.63) is 65.2 Å². The standard InChI is InChI=1S/C23H27N3O5/c1-15-6-4-5-7-18(15)23(30)24-17-10-8-16(9-11-17)22-19(13-27)26(21(29)14-31-22)12-20(28)25(2)3/h4-11,19,22,27H,12-14H2,1-3H3,(H,24,30). The number of rotatable bonds is 6. The van der Waals surface area contributed by atoms with Crippen LogP contribution in [0.15, 0.2) is 48.5 Å². The Morgan fingerprint density at radius 1 is 1.16 bits per heavy atom. The Bertz CT molecular complexity index is 958. The number of hydrogen-bond acceptors (Lipinski definition) is 5. The highest BCUT2D eigenvalue weighted by Gasteiger charge is 2.38. The van der Waals surface area contributed by atoms with Gasteiger partial charge in [0.1, 0.15) is 19.3 Å². The summed E-state index contributed by atoms with van der Waals surface area (Å²) >= 11 is 0. The van der Waals surface area contributed by atoms with Crippen LogP contribution in [0.4, 0.5) is 5.69 Å². The summed E-state index contributed by atoms with van der Waals surface area (Å²) in [5.41, 5.74) is 2.84. The van der Waals surface area contributed by atoms with E-state index in [1.807, 2.05) is 25.1 Å². The Balaban J connectivity index is 1.74. The van der Waals surface area contributed by atoms with E-state index in [1.165, 1.54) is 9.80 Å². The zero-order valence-electron chi connectivity index (χ0n) is 17.9. The molecule has 1 aliphatic heterocycles. The van der Waals surface area contributed by atoms with Gasteiger partial charge in [-0.2, -0.15) is 0 Å². The quantitative estimate of drug-likeness (QED) is 0.732. The molecule has 3 rings (SSSR count). The molecule has 2 N–H and O–H groups in total. The third-order valence-electron chi connectivity index (χ3n) is 5.33. The summed E-state index contributed by atoms with van der Waals surface area (Å²) in [6.45, 7) is 1.24. The van der Waals surface area contributed by atoms with Gasteiger partial charge in [-0.05, 0) is 36.2 Å². The van der Waals surface area contributed by atoms with Crippen molar-refractivity contribution < 1.29 is 24.2 Å². The van der Waals surface area contributed by atoms with Gasteiger partial charge in [0.05, 0.1) is 12.6 Å². The SMILES string of the molecule is Cc1ccccc1C(=O)Nc1ccc(C2OCC(=O)N(CC(=O)N(C)C)C2CO)cc1. The molecule has 1 saturated heterocycles. The lowest BCUT2D eigenvalue weighted by atomic mass is 9.99. The minimum atomic E-state index is -0.683. The largest absolute Gasteiger partial charge is 0.394 e. The molecule has 2 aromatic carbocycles. The molecule has 0 aliphatic carbocycles. The van der Waals surface area contributed by atoms with Crippen LogP contribution in [0.25, 0.3) is 0 Å². The number of aryl methyl sites for hydroxylation is 1. The lowest BCUT2D eigenvalue weighted by Gasteiger charge is -2.40. The molecule has 2 atom stereocenters. The lowest BCUT2D eigenvalue weighted by molar-refractivity contribution is -0.164. The van der Waals surface area contributed by atoms with Crippen LogP contribution in [-0.2, 0) is 14.3 Å². The van der Waals surface area contributed by atoms with E-state index in [1.54, 1.807) is 44.4 Å². The minimum Gasteiger partial charge on any atom is -0.394 e. The van der Waals surface area contributed by atoms with Gasteiger partial charge in [0.25, 0.3) is 5.91 Å². The Morgan fingerprint density at radius 3 is 2.45 bits per heavy atom. The summed E-state index contributed by atoms with van der Waals surface area (Å²) in [7, 11) is 3.23. The number of aliphatic hydroxyl groups excluding tert-OH is 1. The van der Waals surface area contributed by atoms with E-state index in [2.05, 4.69) is 5.32 Å². The van der Waals surface area contributed by atoms with E-state index < -0.39 is 12.1 Å². The Kier molecular flexibility index (Phi) is 7.04. The number of anilines is 1. The zero-order valence-corrected chi connectivity index (χ0v) is 17.9. The number of likely N-dealkylation sites (N-methyl/N-ethyl adjacent to an activating group) is 1. The molecule has 0 bridgehead atoms. The van der Waals surface area contributed by atoms with E-state index in [-0.39, 0.29) is 37.5 Å². The maximum atomic E-state index is 12.5. The number of aliphatic hydroxyl groups is 1. The molecule has 8 heteroatoms. The molecule has 1 heterocycles. The zero-order chi connectivity index (χ0) is 22.5. The van der Waals surface area contributed by atoms with Crippen molar-refractivity contribution in [1.29, 1.82) is 0 Å². The minimum absolute atomic E-state index is 0.124. The van der Waals surface area contributed by atoms with Crippen LogP contribution in [0, 0.1) is 6.92 Å². The Morgan fingerprint density at radius 2 is 1.84 bits per heavy atom. The number of amides is 3. The molecule has 164 valence electrons. The number of morpholine rings is 1. The molecule has 2 aromatic rings. The van der Waals surface area contributed by atoms with Gasteiger partial charge in [-0.1, -0.05) is 30.3 Å². The molecule has 1 aliphatic rings. The van der Waals surface area contributed by atoms with Crippen molar-refractivity contribution in [2.75, 3.05) is 39.2 Å². The predicted octanol–water partition coefficient (Wildman–Crippen LogP) is 1.60. The first-order valence-electron chi connectivity index (χ1n) is 10.0. The third-order valence-corrected chi connectivity index (χ3v) is 5.33. The molecule has 0 aromatic heterocycles. The van der Waals surface area contributed by atoms with Crippen molar-refractivity contribution in [2.45, 2.75) is 19.1 Å². The van der Waals surface area contributed by atoms with Crippen LogP contribution in [0.1, 0.15) is 27.6 Å². The number of nitrogens with one attached hydrogen (secondary N) is 1. The van der Waals surface area contributed by atoms with E-state index >= 15 is 0 Å². The van der Waals surface area contributed by atoms with Gasteiger partial charge in [0.15, 0.2) is 0 Å². The molecule has 1 fully saturated rings. The highest BCUT2D eigenvalue weighted by atomic mass is 16.5. The van der Waals surface area contributed by atoms with E-state index in [0.717, 1.165) is 11.1 Å². The predicted molar refractivity (Wildman–Crippen MR) is 116 cm³/mol. The summed E-state index contributed by atoms with van der Waals surface area (Å²) in [5.74, 6) is -0.777. The fourth-order valence-electron chi connectivity index (χ4n) is 3.49. The van der Waals surface area contributed by atoms with Crippen LogP contribution in [-0.4, -0.2) is 72.5 Å². The second-order valence-corrected chi connectivity index (χ2v) is 7.68. The molecule has 3 amide bonds. The molecular formula is C23H27N3O5. The van der Waals surface area contributed by atoms with Gasteiger partial charge in [0, 0.05) is 25.3 Å². The molecule has 0 radical (unpaired) electrons. The van der Waals surface area contributed by atoms with Crippen molar-refractivity contribution >= 4 is 23.4 Å². The number of hydrogen-bond donors (Lipinski definition) is 2. The first kappa shape index (κ1) is 22.5. The van der Waals surface area contributed by atoms with Crippen LogP contribution in [0.5, 0.6) is 0 Å². The van der Waals surface area contributed by atoms with Gasteiger partial charge >= 0.3 is 0 Å². The first-order valence-corrected chi connectivity index (χ1v) is 10.0. The molecule has 8 nitrogen and oxygen atoms in total. The van der Waals surface area contributed by atoms with E-state index in [0.29, 0.717) is 11.3 Å². The maximum Gasteiger partial charge on any atom is 0.255 e. The number of carbonyl (C=O) groups is 3. The van der Waals surface area contributed by atoms with Crippen LogP contribution in [0.3, 0.4) is 0 Å². The smallest absolute Gasteiger partial charge is 0.255 e. The van der Waals surface area contributed by atoms with Gasteiger partial charge < -0.3 is 25.0 Å². The first-order chi connectivity index (χ1) is 14.8. The summed E-state index contributed by atoms with van der Waals surface area (Å²) in [5, 5.41) is 12.8. The third kappa shape index (κ3) is 5.10. The van der Waals surface area contributed by atoms with Crippen LogP contribution in [0.2, 0.25) is 0 Å². The van der Waals surface area contributed by atoms with Crippen molar-refractivity contribution in [1.82, 2.24) is 9.80 Å². The van der Waals surface area contributed by atoms with Gasteiger partial charge in [-0.15, -0.1) is 0 Å². The average molecular weight is 425 g/mol. The molecule has 31 heavy (non-hydrogen) atoms. The summed E-state index contributed by atoms with van der Waals surface area (Å²) in [6.07, 6.45) is -0.584. The number of benzene rings is 2. The normalized spacial score (nSPS) is 18.6. The molecule has 0 spiro atoms. The summed E-state index contributed by atoms with van der Waals surface area (Å²) in [4.78, 5) is 39.7. The number of carbonyl (C=O) groups excluding carboxylic acids is 3. The molecular weight excluding hydrogens is 398 g/mol. The fraction of sp³-hybridized carbons (Fsp3) is 0.348. The Labute approximate surface area is 181 Å². The topological polar surface area (TPSA) is 99.2 Å². The highest BCUT2D eigenvalue weighted by Crippen LogP contribution is 2.30. The summed E-state index contributed by atoms with van der Waals surface area (Å²) in [6, 6.07) is 13.7. The second kappa shape index (κ2) is 9.72. The lowest BCUT2D eigenvalue weighted by Crippen LogP contribution is -2.55.